The molecular weight excluding hydrogens is 438 g/mol. The summed E-state index contributed by atoms with van der Waals surface area (Å²) < 4.78 is 5.91. The average Bonchev–Trinajstić information content (AvgIpc) is 3.13. The fraction of sp³-hybridized carbons (Fsp3) is 0.280. The van der Waals surface area contributed by atoms with Gasteiger partial charge in [0.15, 0.2) is 11.9 Å². The van der Waals surface area contributed by atoms with E-state index in [1.54, 1.807) is 35.6 Å². The molecule has 4 rings (SSSR count). The van der Waals surface area contributed by atoms with E-state index in [9.17, 15) is 14.4 Å². The number of ether oxygens (including phenoxy) is 1. The molecule has 1 aromatic heterocycles. The molecule has 1 atom stereocenters. The van der Waals surface area contributed by atoms with Crippen LogP contribution in [0, 0.1) is 13.8 Å². The number of carbonyl (C=O) groups excluding carboxylic acids is 3. The van der Waals surface area contributed by atoms with Gasteiger partial charge in [-0.05, 0) is 57.5 Å². The van der Waals surface area contributed by atoms with Gasteiger partial charge in [-0.15, -0.1) is 11.3 Å². The second-order valence-corrected chi connectivity index (χ2v) is 9.35. The van der Waals surface area contributed by atoms with Gasteiger partial charge in [-0.2, -0.15) is 0 Å². The maximum absolute atomic E-state index is 13.1. The third-order valence-electron chi connectivity index (χ3n) is 5.46. The molecule has 0 saturated carbocycles. The van der Waals surface area contributed by atoms with E-state index in [0.717, 1.165) is 21.1 Å². The Balaban J connectivity index is 1.64. The second kappa shape index (κ2) is 9.15. The molecule has 0 aliphatic carbocycles. The summed E-state index contributed by atoms with van der Waals surface area (Å²) in [5, 5.41) is 3.75. The van der Waals surface area contributed by atoms with Crippen molar-refractivity contribution in [3.63, 3.8) is 0 Å². The number of aromatic nitrogens is 1. The van der Waals surface area contributed by atoms with Gasteiger partial charge in [0.2, 0.25) is 5.91 Å². The highest BCUT2D eigenvalue weighted by molar-refractivity contribution is 7.11. The monoisotopic (exact) mass is 463 g/mol. The number of carbonyl (C=O) groups is 3. The number of nitrogens with one attached hydrogen (secondary N) is 1. The van der Waals surface area contributed by atoms with Crippen LogP contribution in [0.15, 0.2) is 42.5 Å². The molecule has 0 radical (unpaired) electrons. The fourth-order valence-corrected chi connectivity index (χ4v) is 4.69. The topological polar surface area (TPSA) is 88.6 Å². The standard InChI is InChI=1S/C25H25N3O4S/c1-5-21-25(31)28(13-23(30)27-19-8-6-7-17(11-19)14(2)29)20-12-18(9-10-22(20)32-21)24-15(3)33-16(4)26-24/h6-12,21H,5,13H2,1-4H3,(H,27,30). The van der Waals surface area contributed by atoms with Crippen molar-refractivity contribution in [2.24, 2.45) is 0 Å². The molecule has 0 spiro atoms. The summed E-state index contributed by atoms with van der Waals surface area (Å²) in [7, 11) is 0. The van der Waals surface area contributed by atoms with Crippen LogP contribution in [0.4, 0.5) is 11.4 Å². The van der Waals surface area contributed by atoms with Crippen LogP contribution < -0.4 is 15.0 Å². The molecule has 1 aliphatic heterocycles. The van der Waals surface area contributed by atoms with Crippen LogP contribution in [0.2, 0.25) is 0 Å². The van der Waals surface area contributed by atoms with Crippen LogP contribution in [-0.2, 0) is 9.59 Å². The predicted molar refractivity (Wildman–Crippen MR) is 129 cm³/mol. The lowest BCUT2D eigenvalue weighted by Crippen LogP contribution is -2.48. The fourth-order valence-electron chi connectivity index (χ4n) is 3.85. The molecule has 2 heterocycles. The SMILES string of the molecule is CCC1Oc2ccc(-c3nc(C)sc3C)cc2N(CC(=O)Nc2cccc(C(C)=O)c2)C1=O. The lowest BCUT2D eigenvalue weighted by Gasteiger charge is -2.34. The summed E-state index contributed by atoms with van der Waals surface area (Å²) in [5.41, 5.74) is 3.27. The molecule has 0 saturated heterocycles. The van der Waals surface area contributed by atoms with Crippen LogP contribution in [0.1, 0.15) is 40.5 Å². The normalized spacial score (nSPS) is 15.1. The lowest BCUT2D eigenvalue weighted by atomic mass is 10.1. The van der Waals surface area contributed by atoms with Crippen molar-refractivity contribution in [2.45, 2.75) is 40.2 Å². The molecule has 3 aromatic rings. The molecule has 0 fully saturated rings. The van der Waals surface area contributed by atoms with E-state index in [0.29, 0.717) is 29.1 Å². The largest absolute Gasteiger partial charge is 0.478 e. The maximum atomic E-state index is 13.1. The van der Waals surface area contributed by atoms with Gasteiger partial charge in [0.25, 0.3) is 5.91 Å². The van der Waals surface area contributed by atoms with Crippen LogP contribution in [0.25, 0.3) is 11.3 Å². The molecule has 2 amide bonds. The number of Topliss-reactive ketones (excluding diaryl/α,β-unsaturated/α-hetero) is 1. The number of anilines is 2. The number of amides is 2. The van der Waals surface area contributed by atoms with Crippen molar-refractivity contribution >= 4 is 40.3 Å². The number of thiazole rings is 1. The Labute approximate surface area is 196 Å². The van der Waals surface area contributed by atoms with Crippen LogP contribution in [0.3, 0.4) is 0 Å². The van der Waals surface area contributed by atoms with E-state index in [1.807, 2.05) is 39.0 Å². The molecule has 0 bridgehead atoms. The summed E-state index contributed by atoms with van der Waals surface area (Å²) >= 11 is 1.61. The Morgan fingerprint density at radius 3 is 2.64 bits per heavy atom. The van der Waals surface area contributed by atoms with Gasteiger partial charge in [-0.3, -0.25) is 19.3 Å². The van der Waals surface area contributed by atoms with E-state index in [4.69, 9.17) is 4.74 Å². The molecule has 7 nitrogen and oxygen atoms in total. The van der Waals surface area contributed by atoms with Crippen LogP contribution in [0.5, 0.6) is 5.75 Å². The first-order valence-corrected chi connectivity index (χ1v) is 11.6. The third kappa shape index (κ3) is 4.66. The van der Waals surface area contributed by atoms with E-state index in [2.05, 4.69) is 10.3 Å². The maximum Gasteiger partial charge on any atom is 0.268 e. The molecule has 1 unspecified atom stereocenters. The number of fused-ring (bicyclic) bond motifs is 1. The minimum atomic E-state index is -0.652. The zero-order chi connectivity index (χ0) is 23.7. The number of aryl methyl sites for hydroxylation is 2. The van der Waals surface area contributed by atoms with Gasteiger partial charge in [-0.25, -0.2) is 4.98 Å². The first-order chi connectivity index (χ1) is 15.8. The smallest absolute Gasteiger partial charge is 0.268 e. The summed E-state index contributed by atoms with van der Waals surface area (Å²) in [4.78, 5) is 44.8. The zero-order valence-electron chi connectivity index (χ0n) is 19.0. The first-order valence-electron chi connectivity index (χ1n) is 10.7. The summed E-state index contributed by atoms with van der Waals surface area (Å²) in [6, 6.07) is 12.3. The Hall–Kier alpha value is -3.52. The van der Waals surface area contributed by atoms with Crippen molar-refractivity contribution in [2.75, 3.05) is 16.8 Å². The number of nitrogens with zero attached hydrogens (tertiary/aromatic N) is 2. The Kier molecular flexibility index (Phi) is 6.29. The number of hydrogen-bond acceptors (Lipinski definition) is 6. The van der Waals surface area contributed by atoms with Gasteiger partial charge < -0.3 is 10.1 Å². The van der Waals surface area contributed by atoms with Crippen LogP contribution >= 0.6 is 11.3 Å². The van der Waals surface area contributed by atoms with E-state index < -0.39 is 6.10 Å². The van der Waals surface area contributed by atoms with Crippen molar-refractivity contribution in [3.8, 4) is 17.0 Å². The minimum absolute atomic E-state index is 0.0886. The molecular formula is C25H25N3O4S. The molecule has 1 aliphatic rings. The van der Waals surface area contributed by atoms with Crippen molar-refractivity contribution < 1.29 is 19.1 Å². The molecule has 2 aromatic carbocycles. The Morgan fingerprint density at radius 1 is 1.18 bits per heavy atom. The van der Waals surface area contributed by atoms with Gasteiger partial charge in [0, 0.05) is 21.7 Å². The molecule has 33 heavy (non-hydrogen) atoms. The quantitative estimate of drug-likeness (QED) is 0.532. The van der Waals surface area contributed by atoms with Crippen molar-refractivity contribution in [3.05, 3.63) is 57.9 Å². The Bertz CT molecular complexity index is 1250. The third-order valence-corrected chi connectivity index (χ3v) is 6.35. The van der Waals surface area contributed by atoms with E-state index in [-0.39, 0.29) is 24.1 Å². The van der Waals surface area contributed by atoms with Gasteiger partial charge in [0.1, 0.15) is 12.3 Å². The molecule has 1 N–H and O–H groups in total. The molecule has 8 heteroatoms. The number of hydrogen-bond donors (Lipinski definition) is 1. The lowest BCUT2D eigenvalue weighted by molar-refractivity contribution is -0.128. The van der Waals surface area contributed by atoms with Gasteiger partial charge in [0.05, 0.1) is 16.4 Å². The molecule has 170 valence electrons. The summed E-state index contributed by atoms with van der Waals surface area (Å²) in [6.45, 7) is 7.13. The average molecular weight is 464 g/mol. The predicted octanol–water partition coefficient (Wildman–Crippen LogP) is 4.77. The zero-order valence-corrected chi connectivity index (χ0v) is 19.8. The van der Waals surface area contributed by atoms with Gasteiger partial charge >= 0.3 is 0 Å². The Morgan fingerprint density at radius 2 is 1.97 bits per heavy atom. The van der Waals surface area contributed by atoms with Crippen molar-refractivity contribution in [1.82, 2.24) is 4.98 Å². The highest BCUT2D eigenvalue weighted by Crippen LogP contribution is 2.39. The highest BCUT2D eigenvalue weighted by Gasteiger charge is 2.35. The summed E-state index contributed by atoms with van der Waals surface area (Å²) in [6.07, 6.45) is -0.163. The number of rotatable bonds is 6. The van der Waals surface area contributed by atoms with E-state index >= 15 is 0 Å². The van der Waals surface area contributed by atoms with E-state index in [1.165, 1.54) is 11.8 Å². The second-order valence-electron chi connectivity index (χ2n) is 7.94. The van der Waals surface area contributed by atoms with Crippen molar-refractivity contribution in [1.29, 1.82) is 0 Å². The summed E-state index contributed by atoms with van der Waals surface area (Å²) in [5.74, 6) is -0.158. The highest BCUT2D eigenvalue weighted by atomic mass is 32.1. The number of benzene rings is 2. The minimum Gasteiger partial charge on any atom is -0.478 e. The number of ketones is 1. The van der Waals surface area contributed by atoms with Gasteiger partial charge in [-0.1, -0.05) is 19.1 Å². The van der Waals surface area contributed by atoms with Crippen LogP contribution in [-0.4, -0.2) is 35.2 Å². The first kappa shape index (κ1) is 22.7.